The first-order valence-corrected chi connectivity index (χ1v) is 16.1. The van der Waals surface area contributed by atoms with Crippen LogP contribution in [0.25, 0.3) is 0 Å². The van der Waals surface area contributed by atoms with E-state index in [2.05, 4.69) is 21.3 Å². The fourth-order valence-corrected chi connectivity index (χ4v) is 3.42. The molecular formula is C30H58N4O14. The van der Waals surface area contributed by atoms with E-state index in [1.54, 1.807) is 0 Å². The van der Waals surface area contributed by atoms with E-state index in [9.17, 15) is 19.2 Å². The Bertz CT molecular complexity index is 832. The van der Waals surface area contributed by atoms with E-state index in [0.717, 1.165) is 0 Å². The molecule has 0 rings (SSSR count). The molecule has 0 fully saturated rings. The molecule has 0 aliphatic heterocycles. The van der Waals surface area contributed by atoms with Crippen LogP contribution in [0.3, 0.4) is 0 Å². The van der Waals surface area contributed by atoms with Crippen molar-refractivity contribution in [1.82, 2.24) is 21.3 Å². The summed E-state index contributed by atoms with van der Waals surface area (Å²) >= 11 is 0. The van der Waals surface area contributed by atoms with Gasteiger partial charge in [0.1, 0.15) is 0 Å². The van der Waals surface area contributed by atoms with E-state index in [0.29, 0.717) is 92.4 Å². The molecule has 0 heterocycles. The maximum absolute atomic E-state index is 11.9. The Kier molecular flexibility index (Phi) is 29.6. The summed E-state index contributed by atoms with van der Waals surface area (Å²) in [4.78, 5) is 44.8. The van der Waals surface area contributed by atoms with E-state index in [4.69, 9.17) is 48.1 Å². The van der Waals surface area contributed by atoms with Gasteiger partial charge in [-0.15, -0.1) is 0 Å². The third-order valence-electron chi connectivity index (χ3n) is 6.09. The second kappa shape index (κ2) is 31.4. The Hall–Kier alpha value is -2.84. The van der Waals surface area contributed by atoms with Crippen LogP contribution in [0.4, 0.5) is 9.59 Å². The van der Waals surface area contributed by atoms with Crippen LogP contribution in [0.15, 0.2) is 0 Å². The Balaban J connectivity index is 3.36. The normalized spacial score (nSPS) is 12.0. The molecule has 0 saturated carbocycles. The molecule has 4 amide bonds. The molecule has 0 radical (unpaired) electrons. The van der Waals surface area contributed by atoms with Crippen LogP contribution >= 0.6 is 0 Å². The van der Waals surface area contributed by atoms with Crippen molar-refractivity contribution >= 4 is 24.0 Å². The highest BCUT2D eigenvalue weighted by atomic mass is 16.6. The molecule has 0 aromatic rings. The molecule has 0 aromatic carbocycles. The number of carboxylic acid groups (broad SMARTS) is 2. The van der Waals surface area contributed by atoms with Crippen LogP contribution in [-0.4, -0.2) is 166 Å². The summed E-state index contributed by atoms with van der Waals surface area (Å²) in [7, 11) is 0. The Morgan fingerprint density at radius 2 is 0.812 bits per heavy atom. The summed E-state index contributed by atoms with van der Waals surface area (Å²) in [5, 5.41) is 27.5. The van der Waals surface area contributed by atoms with Gasteiger partial charge in [0.15, 0.2) is 0 Å². The van der Waals surface area contributed by atoms with Crippen LogP contribution in [0.1, 0.15) is 33.6 Å². The number of carbonyl (C=O) groups is 4. The number of amides is 4. The first-order chi connectivity index (χ1) is 23.0. The van der Waals surface area contributed by atoms with Gasteiger partial charge in [0.25, 0.3) is 0 Å². The van der Waals surface area contributed by atoms with Gasteiger partial charge in [-0.25, -0.2) is 9.59 Å². The van der Waals surface area contributed by atoms with Crippen molar-refractivity contribution in [2.45, 2.75) is 39.7 Å². The lowest BCUT2D eigenvalue weighted by Crippen LogP contribution is -2.46. The first-order valence-electron chi connectivity index (χ1n) is 16.1. The van der Waals surface area contributed by atoms with Crippen LogP contribution in [0.2, 0.25) is 0 Å². The highest BCUT2D eigenvalue weighted by Gasteiger charge is 2.26. The van der Waals surface area contributed by atoms with Crippen molar-refractivity contribution in [3.8, 4) is 0 Å². The first kappa shape index (κ1) is 45.2. The van der Waals surface area contributed by atoms with Gasteiger partial charge in [0.05, 0.1) is 112 Å². The quantitative estimate of drug-likeness (QED) is 0.0499. The second-order valence-corrected chi connectivity index (χ2v) is 11.2. The van der Waals surface area contributed by atoms with Crippen molar-refractivity contribution in [2.75, 3.05) is 125 Å². The molecule has 282 valence electrons. The van der Waals surface area contributed by atoms with E-state index in [-0.39, 0.29) is 69.1 Å². The summed E-state index contributed by atoms with van der Waals surface area (Å²) in [5.41, 5.74) is -0.275. The zero-order valence-corrected chi connectivity index (χ0v) is 28.7. The minimum absolute atomic E-state index is 0.142. The number of hydrogen-bond acceptors (Lipinski definition) is 12. The molecular weight excluding hydrogens is 640 g/mol. The summed E-state index contributed by atoms with van der Waals surface area (Å²) in [6.45, 7) is 12.1. The number of carbonyl (C=O) groups excluding carboxylic acids is 2. The van der Waals surface area contributed by atoms with Crippen LogP contribution < -0.4 is 21.3 Å². The Labute approximate surface area is 283 Å². The molecule has 0 saturated heterocycles. The third-order valence-corrected chi connectivity index (χ3v) is 6.09. The van der Waals surface area contributed by atoms with Crippen molar-refractivity contribution in [2.24, 2.45) is 5.41 Å². The van der Waals surface area contributed by atoms with E-state index in [1.165, 1.54) is 0 Å². The van der Waals surface area contributed by atoms with Gasteiger partial charge in [-0.05, 0) is 5.41 Å². The van der Waals surface area contributed by atoms with Gasteiger partial charge in [-0.2, -0.15) is 0 Å². The molecule has 0 bridgehead atoms. The molecule has 0 aromatic heterocycles. The molecule has 18 nitrogen and oxygen atoms in total. The summed E-state index contributed by atoms with van der Waals surface area (Å²) in [6.07, 6.45) is -1.73. The van der Waals surface area contributed by atoms with Gasteiger partial charge >= 0.3 is 12.2 Å². The van der Waals surface area contributed by atoms with Crippen molar-refractivity contribution in [3.05, 3.63) is 0 Å². The van der Waals surface area contributed by atoms with E-state index < -0.39 is 12.2 Å². The molecule has 6 N–H and O–H groups in total. The topological polar surface area (TPSA) is 231 Å². The number of rotatable bonds is 33. The average Bonchev–Trinajstić information content (AvgIpc) is 3.01. The summed E-state index contributed by atoms with van der Waals surface area (Å²) in [6, 6.07) is -0.336. The zero-order valence-electron chi connectivity index (χ0n) is 28.7. The van der Waals surface area contributed by atoms with Gasteiger partial charge < -0.3 is 69.4 Å². The summed E-state index contributed by atoms with van der Waals surface area (Å²) in [5.74, 6) is -0.286. The van der Waals surface area contributed by atoms with Gasteiger partial charge in [-0.3, -0.25) is 9.59 Å². The van der Waals surface area contributed by atoms with Gasteiger partial charge in [0, 0.05) is 32.5 Å². The largest absolute Gasteiger partial charge is 0.465 e. The zero-order chi connectivity index (χ0) is 35.7. The van der Waals surface area contributed by atoms with Crippen LogP contribution in [-0.2, 0) is 47.5 Å². The molecule has 1 atom stereocenters. The number of hydrogen-bond donors (Lipinski definition) is 6. The molecule has 48 heavy (non-hydrogen) atoms. The smallest absolute Gasteiger partial charge is 0.404 e. The van der Waals surface area contributed by atoms with Gasteiger partial charge in [0.2, 0.25) is 11.8 Å². The third kappa shape index (κ3) is 33.1. The van der Waals surface area contributed by atoms with Gasteiger partial charge in [-0.1, -0.05) is 20.8 Å². The van der Waals surface area contributed by atoms with E-state index >= 15 is 0 Å². The maximum atomic E-state index is 11.9. The predicted octanol–water partition coefficient (Wildman–Crippen LogP) is 0.0817. The van der Waals surface area contributed by atoms with Crippen LogP contribution in [0.5, 0.6) is 0 Å². The lowest BCUT2D eigenvalue weighted by Gasteiger charge is -2.30. The molecule has 18 heteroatoms. The minimum Gasteiger partial charge on any atom is -0.465 e. The number of ether oxygens (including phenoxy) is 8. The number of nitrogens with one attached hydrogen (secondary N) is 4. The standard InChI is InChI=1S/C30H58N4O14/c1-30(2,3)25(34-29(39)40)24-48-23-22-44-12-7-32-27(36)5-10-42-15-19-47-21-20-46-18-14-41-9-4-26(35)31-6-11-43-16-17-45-13-8-33-28(37)38/h25,33-34H,4-24H2,1-3H3,(H,31,35)(H,32,36)(H,37,38)(H,39,40). The lowest BCUT2D eigenvalue weighted by molar-refractivity contribution is -0.123. The minimum atomic E-state index is -1.09. The Morgan fingerprint density at radius 3 is 1.17 bits per heavy atom. The maximum Gasteiger partial charge on any atom is 0.404 e. The van der Waals surface area contributed by atoms with Crippen molar-refractivity contribution in [3.63, 3.8) is 0 Å². The van der Waals surface area contributed by atoms with Crippen LogP contribution in [0, 0.1) is 5.41 Å². The highest BCUT2D eigenvalue weighted by molar-refractivity contribution is 5.76. The summed E-state index contributed by atoms with van der Waals surface area (Å²) < 4.78 is 43.0. The molecule has 0 spiro atoms. The fourth-order valence-electron chi connectivity index (χ4n) is 3.42. The van der Waals surface area contributed by atoms with E-state index in [1.807, 2.05) is 20.8 Å². The highest BCUT2D eigenvalue weighted by Crippen LogP contribution is 2.19. The SMILES string of the molecule is CC(C)(C)C(COCCOCCNC(=O)CCOCCOCCOCCOCCC(=O)NCCOCCOCCNC(=O)O)NC(=O)O. The predicted molar refractivity (Wildman–Crippen MR) is 172 cm³/mol. The average molecular weight is 699 g/mol. The lowest BCUT2D eigenvalue weighted by atomic mass is 9.87. The van der Waals surface area contributed by atoms with Crippen molar-refractivity contribution in [1.29, 1.82) is 0 Å². The monoisotopic (exact) mass is 698 g/mol. The molecule has 0 aliphatic carbocycles. The fraction of sp³-hybridized carbons (Fsp3) is 0.867. The second-order valence-electron chi connectivity index (χ2n) is 11.2. The van der Waals surface area contributed by atoms with Crippen molar-refractivity contribution < 1.29 is 67.3 Å². The molecule has 1 unspecified atom stereocenters. The Morgan fingerprint density at radius 1 is 0.479 bits per heavy atom. The molecule has 0 aliphatic rings.